The standard InChI is InChI=1S/C19H21ClN2O2/c1-24-17-5-3-2-4-15(17)12-21-19(23)22-18(13-6-7-13)14-8-10-16(20)11-9-14/h2-5,8-11,13,18H,6-7,12H2,1H3,(H2,21,22,23). The number of methoxy groups -OCH3 is 1. The average molecular weight is 345 g/mol. The predicted molar refractivity (Wildman–Crippen MR) is 95.3 cm³/mol. The maximum atomic E-state index is 12.3. The minimum Gasteiger partial charge on any atom is -0.496 e. The van der Waals surface area contributed by atoms with Crippen LogP contribution in [0.2, 0.25) is 5.02 Å². The number of hydrogen-bond donors (Lipinski definition) is 2. The molecule has 126 valence electrons. The van der Waals surface area contributed by atoms with Crippen molar-refractivity contribution in [2.45, 2.75) is 25.4 Å². The molecular weight excluding hydrogens is 324 g/mol. The molecule has 3 rings (SSSR count). The quantitative estimate of drug-likeness (QED) is 0.820. The molecule has 1 fully saturated rings. The van der Waals surface area contributed by atoms with Crippen LogP contribution in [0.5, 0.6) is 5.75 Å². The Morgan fingerprint density at radius 2 is 1.92 bits per heavy atom. The van der Waals surface area contributed by atoms with Crippen LogP contribution in [0.3, 0.4) is 0 Å². The molecule has 1 atom stereocenters. The third-order valence-electron chi connectivity index (χ3n) is 4.24. The van der Waals surface area contributed by atoms with Gasteiger partial charge < -0.3 is 15.4 Å². The average Bonchev–Trinajstić information content (AvgIpc) is 3.44. The number of carbonyl (C=O) groups is 1. The molecule has 0 aliphatic heterocycles. The van der Waals surface area contributed by atoms with Crippen molar-refractivity contribution < 1.29 is 9.53 Å². The van der Waals surface area contributed by atoms with E-state index in [9.17, 15) is 4.79 Å². The number of rotatable bonds is 6. The molecule has 2 amide bonds. The van der Waals surface area contributed by atoms with E-state index in [0.29, 0.717) is 17.5 Å². The summed E-state index contributed by atoms with van der Waals surface area (Å²) in [7, 11) is 1.63. The number of benzene rings is 2. The molecule has 0 bridgehead atoms. The number of hydrogen-bond acceptors (Lipinski definition) is 2. The Morgan fingerprint density at radius 3 is 2.58 bits per heavy atom. The summed E-state index contributed by atoms with van der Waals surface area (Å²) in [4.78, 5) is 12.3. The van der Waals surface area contributed by atoms with Crippen LogP contribution in [0.1, 0.15) is 30.0 Å². The van der Waals surface area contributed by atoms with E-state index in [2.05, 4.69) is 10.6 Å². The fourth-order valence-corrected chi connectivity index (χ4v) is 2.92. The molecule has 0 heterocycles. The van der Waals surface area contributed by atoms with Gasteiger partial charge in [-0.05, 0) is 42.5 Å². The third kappa shape index (κ3) is 4.20. The van der Waals surface area contributed by atoms with Gasteiger partial charge in [0.05, 0.1) is 13.2 Å². The van der Waals surface area contributed by atoms with Crippen LogP contribution in [0.15, 0.2) is 48.5 Å². The number of para-hydroxylation sites is 1. The molecule has 2 aromatic rings. The number of halogens is 1. The minimum absolute atomic E-state index is 0.0277. The highest BCUT2D eigenvalue weighted by molar-refractivity contribution is 6.30. The topological polar surface area (TPSA) is 50.4 Å². The lowest BCUT2D eigenvalue weighted by Gasteiger charge is -2.19. The van der Waals surface area contributed by atoms with Crippen LogP contribution in [-0.2, 0) is 6.54 Å². The van der Waals surface area contributed by atoms with Crippen molar-refractivity contribution in [3.63, 3.8) is 0 Å². The van der Waals surface area contributed by atoms with E-state index in [-0.39, 0.29) is 12.1 Å². The Bertz CT molecular complexity index is 699. The van der Waals surface area contributed by atoms with Crippen molar-refractivity contribution in [1.82, 2.24) is 10.6 Å². The lowest BCUT2D eigenvalue weighted by molar-refractivity contribution is 0.235. The number of nitrogens with one attached hydrogen (secondary N) is 2. The van der Waals surface area contributed by atoms with E-state index in [1.165, 1.54) is 0 Å². The zero-order valence-corrected chi connectivity index (χ0v) is 14.3. The number of ether oxygens (including phenoxy) is 1. The first kappa shape index (κ1) is 16.7. The highest BCUT2D eigenvalue weighted by Crippen LogP contribution is 2.41. The Kier molecular flexibility index (Phi) is 5.26. The van der Waals surface area contributed by atoms with Crippen LogP contribution in [0.25, 0.3) is 0 Å². The van der Waals surface area contributed by atoms with Crippen LogP contribution in [-0.4, -0.2) is 13.1 Å². The van der Waals surface area contributed by atoms with Crippen LogP contribution in [0, 0.1) is 5.92 Å². The van der Waals surface area contributed by atoms with Crippen molar-refractivity contribution in [3.05, 3.63) is 64.7 Å². The molecule has 2 N–H and O–H groups in total. The van der Waals surface area contributed by atoms with E-state index in [0.717, 1.165) is 29.7 Å². The van der Waals surface area contributed by atoms with Gasteiger partial charge in [0.25, 0.3) is 0 Å². The Hall–Kier alpha value is -2.20. The van der Waals surface area contributed by atoms with Crippen molar-refractivity contribution in [2.24, 2.45) is 5.92 Å². The van der Waals surface area contributed by atoms with Crippen molar-refractivity contribution in [3.8, 4) is 5.75 Å². The molecule has 1 unspecified atom stereocenters. The largest absolute Gasteiger partial charge is 0.496 e. The molecule has 4 nitrogen and oxygen atoms in total. The van der Waals surface area contributed by atoms with Gasteiger partial charge in [-0.2, -0.15) is 0 Å². The van der Waals surface area contributed by atoms with Gasteiger partial charge >= 0.3 is 6.03 Å². The summed E-state index contributed by atoms with van der Waals surface area (Å²) >= 11 is 5.95. The molecule has 2 aromatic carbocycles. The van der Waals surface area contributed by atoms with Gasteiger partial charge in [-0.25, -0.2) is 4.79 Å². The molecule has 1 aliphatic rings. The van der Waals surface area contributed by atoms with Gasteiger partial charge in [0, 0.05) is 17.1 Å². The maximum Gasteiger partial charge on any atom is 0.315 e. The second-order valence-electron chi connectivity index (χ2n) is 6.01. The van der Waals surface area contributed by atoms with Crippen LogP contribution < -0.4 is 15.4 Å². The number of amides is 2. The molecule has 0 aromatic heterocycles. The monoisotopic (exact) mass is 344 g/mol. The smallest absolute Gasteiger partial charge is 0.315 e. The first-order valence-corrected chi connectivity index (χ1v) is 8.47. The van der Waals surface area contributed by atoms with Crippen molar-refractivity contribution in [2.75, 3.05) is 7.11 Å². The molecule has 1 aliphatic carbocycles. The van der Waals surface area contributed by atoms with Gasteiger partial charge in [0.15, 0.2) is 0 Å². The van der Waals surface area contributed by atoms with Gasteiger partial charge in [-0.3, -0.25) is 0 Å². The van der Waals surface area contributed by atoms with Crippen LogP contribution in [0.4, 0.5) is 4.79 Å². The third-order valence-corrected chi connectivity index (χ3v) is 4.49. The lowest BCUT2D eigenvalue weighted by Crippen LogP contribution is -2.38. The van der Waals surface area contributed by atoms with Crippen LogP contribution >= 0.6 is 11.6 Å². The van der Waals surface area contributed by atoms with E-state index in [1.807, 2.05) is 48.5 Å². The van der Waals surface area contributed by atoms with E-state index < -0.39 is 0 Å². The number of urea groups is 1. The van der Waals surface area contributed by atoms with E-state index in [1.54, 1.807) is 7.11 Å². The summed E-state index contributed by atoms with van der Waals surface area (Å²) < 4.78 is 5.30. The summed E-state index contributed by atoms with van der Waals surface area (Å²) in [5, 5.41) is 6.70. The zero-order valence-electron chi connectivity index (χ0n) is 13.6. The molecule has 24 heavy (non-hydrogen) atoms. The summed E-state index contributed by atoms with van der Waals surface area (Å²) in [6.45, 7) is 0.424. The second kappa shape index (κ2) is 7.58. The van der Waals surface area contributed by atoms with Gasteiger partial charge in [0.2, 0.25) is 0 Å². The highest BCUT2D eigenvalue weighted by Gasteiger charge is 2.33. The minimum atomic E-state index is -0.173. The summed E-state index contributed by atoms with van der Waals surface area (Å²) in [6.07, 6.45) is 2.28. The van der Waals surface area contributed by atoms with Crippen molar-refractivity contribution in [1.29, 1.82) is 0 Å². The molecular formula is C19H21ClN2O2. The molecule has 0 saturated heterocycles. The van der Waals surface area contributed by atoms with E-state index in [4.69, 9.17) is 16.3 Å². The number of carbonyl (C=O) groups excluding carboxylic acids is 1. The Labute approximate surface area is 147 Å². The van der Waals surface area contributed by atoms with Gasteiger partial charge in [-0.1, -0.05) is 41.9 Å². The highest BCUT2D eigenvalue weighted by atomic mass is 35.5. The van der Waals surface area contributed by atoms with Gasteiger partial charge in [-0.15, -0.1) is 0 Å². The summed E-state index contributed by atoms with van der Waals surface area (Å²) in [5.74, 6) is 1.28. The molecule has 0 radical (unpaired) electrons. The first-order chi connectivity index (χ1) is 11.7. The molecule has 5 heteroatoms. The second-order valence-corrected chi connectivity index (χ2v) is 6.44. The first-order valence-electron chi connectivity index (χ1n) is 8.09. The van der Waals surface area contributed by atoms with Crippen molar-refractivity contribution >= 4 is 17.6 Å². The molecule has 1 saturated carbocycles. The van der Waals surface area contributed by atoms with Gasteiger partial charge in [0.1, 0.15) is 5.75 Å². The zero-order chi connectivity index (χ0) is 16.9. The van der Waals surface area contributed by atoms with E-state index >= 15 is 0 Å². The lowest BCUT2D eigenvalue weighted by atomic mass is 10.0. The fraction of sp³-hybridized carbons (Fsp3) is 0.316. The fourth-order valence-electron chi connectivity index (χ4n) is 2.79. The predicted octanol–water partition coefficient (Wildman–Crippen LogP) is 4.30. The summed E-state index contributed by atoms with van der Waals surface area (Å²) in [6, 6.07) is 15.2. The molecule has 0 spiro atoms. The Morgan fingerprint density at radius 1 is 1.21 bits per heavy atom. The normalized spacial score (nSPS) is 14.8. The maximum absolute atomic E-state index is 12.3. The SMILES string of the molecule is COc1ccccc1CNC(=O)NC(c1ccc(Cl)cc1)C1CC1. The Balaban J connectivity index is 1.61. The summed E-state index contributed by atoms with van der Waals surface area (Å²) in [5.41, 5.74) is 2.04.